The topological polar surface area (TPSA) is 52.7 Å². The van der Waals surface area contributed by atoms with Crippen LogP contribution in [0.3, 0.4) is 0 Å². The van der Waals surface area contributed by atoms with E-state index in [4.69, 9.17) is 12.2 Å². The highest BCUT2D eigenvalue weighted by molar-refractivity contribution is 7.80. The van der Waals surface area contributed by atoms with Crippen LogP contribution in [0.4, 0.5) is 0 Å². The molecule has 0 aliphatic rings. The Balaban J connectivity index is -0.00000132. The van der Waals surface area contributed by atoms with Gasteiger partial charge in [0, 0.05) is 41.3 Å². The molecule has 1 N–H and O–H groups in total. The first-order valence-electron chi connectivity index (χ1n) is 25.9. The molecule has 0 radical (unpaired) electrons. The van der Waals surface area contributed by atoms with Gasteiger partial charge >= 0.3 is 0 Å². The fraction of sp³-hybridized carbons (Fsp3) is 0.942. The average molecular weight is 839 g/mol. The molecular formula is C52H107N3O2S. The molecule has 5 nitrogen and oxygen atoms in total. The van der Waals surface area contributed by atoms with Crippen LogP contribution in [0.5, 0.6) is 0 Å². The molecule has 0 saturated carbocycles. The Morgan fingerprint density at radius 2 is 0.828 bits per heavy atom. The Labute approximate surface area is 372 Å². The van der Waals surface area contributed by atoms with Crippen LogP contribution in [-0.4, -0.2) is 66.8 Å². The monoisotopic (exact) mass is 838 g/mol. The predicted octanol–water partition coefficient (Wildman–Crippen LogP) is 16.2. The lowest BCUT2D eigenvalue weighted by Gasteiger charge is -2.23. The van der Waals surface area contributed by atoms with Crippen molar-refractivity contribution in [2.75, 3.05) is 40.3 Å². The first-order chi connectivity index (χ1) is 28.2. The Hall–Kier alpha value is -1.01. The lowest BCUT2D eigenvalue weighted by molar-refractivity contribution is -0.119. The van der Waals surface area contributed by atoms with Gasteiger partial charge in [0.25, 0.3) is 0 Å². The number of hydrogen-bond donors (Lipinski definition) is 1. The average Bonchev–Trinajstić information content (AvgIpc) is 3.21. The van der Waals surface area contributed by atoms with Gasteiger partial charge < -0.3 is 19.9 Å². The molecule has 0 aliphatic heterocycles. The summed E-state index contributed by atoms with van der Waals surface area (Å²) in [7, 11) is 3.95. The highest BCUT2D eigenvalue weighted by Crippen LogP contribution is 2.22. The van der Waals surface area contributed by atoms with Crippen LogP contribution in [0.1, 0.15) is 274 Å². The summed E-state index contributed by atoms with van der Waals surface area (Å²) in [5, 5.41) is 4.15. The van der Waals surface area contributed by atoms with Crippen molar-refractivity contribution < 1.29 is 11.0 Å². The van der Waals surface area contributed by atoms with Crippen LogP contribution in [-0.2, 0) is 9.59 Å². The van der Waals surface area contributed by atoms with Crippen LogP contribution in [0.2, 0.25) is 0 Å². The third kappa shape index (κ3) is 47.7. The Bertz CT molecular complexity index is 857. The standard InChI is InChI=1S/C33H65N3O2S.C19H40.H2/c1-5-6-7-8-9-10-14-19-25-32(38)26-20-15-12-17-22-29-36(30-23-27-34-33(39)35(3)4)28-21-16-11-13-18-24-31(2)37;1-4-7-9-11-13-15-17-19(6-3)18-16-14-12-10-8-5-2;/h5-30H2,1-4H3,(H,34,39);19H,4-18H2,1-3H3;1H. The van der Waals surface area contributed by atoms with Crippen LogP contribution in [0, 0.1) is 5.92 Å². The van der Waals surface area contributed by atoms with E-state index in [0.717, 1.165) is 75.6 Å². The molecule has 0 saturated heterocycles. The molecule has 0 aromatic carbocycles. The summed E-state index contributed by atoms with van der Waals surface area (Å²) in [6.07, 6.45) is 47.6. The molecule has 0 heterocycles. The van der Waals surface area contributed by atoms with Crippen molar-refractivity contribution in [3.05, 3.63) is 0 Å². The van der Waals surface area contributed by atoms with Gasteiger partial charge in [-0.25, -0.2) is 0 Å². The van der Waals surface area contributed by atoms with E-state index in [-0.39, 0.29) is 1.43 Å². The van der Waals surface area contributed by atoms with Gasteiger partial charge in [-0.2, -0.15) is 0 Å². The highest BCUT2D eigenvalue weighted by atomic mass is 32.1. The summed E-state index contributed by atoms with van der Waals surface area (Å²) >= 11 is 5.34. The largest absolute Gasteiger partial charge is 0.363 e. The molecule has 0 spiro atoms. The first kappa shape index (κ1) is 59.1. The number of carbonyl (C=O) groups is 2. The smallest absolute Gasteiger partial charge is 0.168 e. The first-order valence-corrected chi connectivity index (χ1v) is 26.3. The number of nitrogens with zero attached hydrogens (tertiary/aromatic N) is 2. The van der Waals surface area contributed by atoms with E-state index >= 15 is 0 Å². The maximum atomic E-state index is 12.2. The van der Waals surface area contributed by atoms with E-state index in [1.54, 1.807) is 6.92 Å². The molecule has 0 unspecified atom stereocenters. The molecule has 0 rings (SSSR count). The zero-order chi connectivity index (χ0) is 43.2. The molecule has 0 amide bonds. The van der Waals surface area contributed by atoms with E-state index in [1.807, 2.05) is 19.0 Å². The summed E-state index contributed by atoms with van der Waals surface area (Å²) in [5.74, 6) is 1.82. The summed E-state index contributed by atoms with van der Waals surface area (Å²) in [4.78, 5) is 27.8. The van der Waals surface area contributed by atoms with Gasteiger partial charge in [-0.1, -0.05) is 207 Å². The summed E-state index contributed by atoms with van der Waals surface area (Å²) in [5.41, 5.74) is 0. The van der Waals surface area contributed by atoms with Crippen molar-refractivity contribution >= 4 is 28.9 Å². The maximum Gasteiger partial charge on any atom is 0.168 e. The minimum Gasteiger partial charge on any atom is -0.363 e. The van der Waals surface area contributed by atoms with Gasteiger partial charge in [-0.3, -0.25) is 4.79 Å². The fourth-order valence-corrected chi connectivity index (χ4v) is 8.08. The number of ketones is 2. The van der Waals surface area contributed by atoms with Gasteiger partial charge in [-0.05, 0) is 83.2 Å². The van der Waals surface area contributed by atoms with Crippen molar-refractivity contribution in [3.8, 4) is 0 Å². The number of thiocarbonyl (C=S) groups is 1. The minimum atomic E-state index is 0. The molecule has 0 bridgehead atoms. The molecule has 0 atom stereocenters. The minimum absolute atomic E-state index is 0. The molecule has 0 fully saturated rings. The van der Waals surface area contributed by atoms with Crippen LogP contribution >= 0.6 is 12.2 Å². The summed E-state index contributed by atoms with van der Waals surface area (Å²) < 4.78 is 0. The quantitative estimate of drug-likeness (QED) is 0.0487. The number of hydrogen-bond acceptors (Lipinski definition) is 4. The van der Waals surface area contributed by atoms with E-state index in [1.165, 1.54) is 199 Å². The SMILES string of the molecule is CCCCCCCCC(CC)CCCCCCCC.CCCCCCCCCCC(=O)CCCCCCCN(CCCCCCCC(C)=O)CCCNC(=S)N(C)C.[HH]. The van der Waals surface area contributed by atoms with Gasteiger partial charge in [0.2, 0.25) is 0 Å². The molecule has 0 aromatic heterocycles. The number of nitrogens with one attached hydrogen (secondary N) is 1. The molecule has 0 aromatic rings. The van der Waals surface area contributed by atoms with Crippen molar-refractivity contribution in [1.29, 1.82) is 0 Å². The van der Waals surface area contributed by atoms with Crippen LogP contribution in [0.25, 0.3) is 0 Å². The van der Waals surface area contributed by atoms with Crippen molar-refractivity contribution in [1.82, 2.24) is 15.1 Å². The molecule has 0 aliphatic carbocycles. The normalized spacial score (nSPS) is 11.3. The zero-order valence-corrected chi connectivity index (χ0v) is 41.5. The van der Waals surface area contributed by atoms with Crippen molar-refractivity contribution in [3.63, 3.8) is 0 Å². The van der Waals surface area contributed by atoms with Gasteiger partial charge in [0.1, 0.15) is 11.6 Å². The maximum absolute atomic E-state index is 12.2. The number of Topliss-reactive ketones (excluding diaryl/α,β-unsaturated/α-hetero) is 2. The number of rotatable bonds is 44. The second-order valence-electron chi connectivity index (χ2n) is 18.2. The Kier molecular flexibility index (Phi) is 49.6. The van der Waals surface area contributed by atoms with Crippen LogP contribution < -0.4 is 5.32 Å². The van der Waals surface area contributed by atoms with Gasteiger partial charge in [-0.15, -0.1) is 0 Å². The van der Waals surface area contributed by atoms with Gasteiger partial charge in [0.05, 0.1) is 0 Å². The lowest BCUT2D eigenvalue weighted by Crippen LogP contribution is -2.36. The number of unbranched alkanes of at least 4 members (excludes halogenated alkanes) is 25. The third-order valence-corrected chi connectivity index (χ3v) is 12.6. The molecule has 6 heteroatoms. The molecule has 348 valence electrons. The zero-order valence-electron chi connectivity index (χ0n) is 40.7. The molecule has 58 heavy (non-hydrogen) atoms. The second-order valence-corrected chi connectivity index (χ2v) is 18.6. The second kappa shape index (κ2) is 48.7. The number of carbonyl (C=O) groups excluding carboxylic acids is 2. The van der Waals surface area contributed by atoms with E-state index in [2.05, 4.69) is 37.9 Å². The van der Waals surface area contributed by atoms with Gasteiger partial charge in [0.15, 0.2) is 5.11 Å². The summed E-state index contributed by atoms with van der Waals surface area (Å²) in [6, 6.07) is 0. The third-order valence-electron chi connectivity index (χ3n) is 12.1. The lowest BCUT2D eigenvalue weighted by atomic mass is 9.92. The summed E-state index contributed by atoms with van der Waals surface area (Å²) in [6.45, 7) is 15.3. The Morgan fingerprint density at radius 1 is 0.483 bits per heavy atom. The van der Waals surface area contributed by atoms with Crippen molar-refractivity contribution in [2.45, 2.75) is 272 Å². The fourth-order valence-electron chi connectivity index (χ4n) is 7.98. The predicted molar refractivity (Wildman–Crippen MR) is 266 cm³/mol. The molecular weight excluding hydrogens is 731 g/mol. The van der Waals surface area contributed by atoms with E-state index in [0.29, 0.717) is 11.6 Å². The van der Waals surface area contributed by atoms with Crippen LogP contribution in [0.15, 0.2) is 0 Å². The highest BCUT2D eigenvalue weighted by Gasteiger charge is 2.08. The van der Waals surface area contributed by atoms with Crippen molar-refractivity contribution in [2.24, 2.45) is 5.92 Å². The van der Waals surface area contributed by atoms with E-state index in [9.17, 15) is 9.59 Å². The Morgan fingerprint density at radius 3 is 1.21 bits per heavy atom. The van der Waals surface area contributed by atoms with E-state index < -0.39 is 0 Å².